The number of hydrogen-bond donors (Lipinski definition) is 2. The van der Waals surface area contributed by atoms with Crippen molar-refractivity contribution >= 4 is 17.7 Å². The molecule has 2 amide bonds. The number of ether oxygens (including phenoxy) is 2. The van der Waals surface area contributed by atoms with Crippen LogP contribution in [-0.2, 0) is 9.47 Å². The molecule has 1 fully saturated rings. The Hall–Kier alpha value is -2.08. The molecule has 2 N–H and O–H groups in total. The number of benzene rings is 1. The number of carbonyl (C=O) groups excluding carboxylic acids is 2. The van der Waals surface area contributed by atoms with Gasteiger partial charge in [-0.25, -0.2) is 9.59 Å². The SMILES string of the molecule is CCOC(=O)c1ccccc1NC(=O)NCC1CCCO1. The highest BCUT2D eigenvalue weighted by Gasteiger charge is 2.17. The Morgan fingerprint density at radius 2 is 2.19 bits per heavy atom. The first-order valence-electron chi connectivity index (χ1n) is 7.13. The molecule has 1 atom stereocenters. The summed E-state index contributed by atoms with van der Waals surface area (Å²) < 4.78 is 10.4. The number of esters is 1. The number of urea groups is 1. The van der Waals surface area contributed by atoms with Crippen LogP contribution in [-0.4, -0.2) is 37.9 Å². The molecule has 6 nitrogen and oxygen atoms in total. The molecule has 0 saturated carbocycles. The fourth-order valence-corrected chi connectivity index (χ4v) is 2.16. The molecule has 2 rings (SSSR count). The summed E-state index contributed by atoms with van der Waals surface area (Å²) in [7, 11) is 0. The Kier molecular flexibility index (Phi) is 5.57. The van der Waals surface area contributed by atoms with Crippen LogP contribution in [0, 0.1) is 0 Å². The molecule has 1 heterocycles. The van der Waals surface area contributed by atoms with Gasteiger partial charge in [-0.05, 0) is 31.9 Å². The van der Waals surface area contributed by atoms with E-state index >= 15 is 0 Å². The second kappa shape index (κ2) is 7.64. The molecule has 1 aliphatic heterocycles. The van der Waals surface area contributed by atoms with Crippen LogP contribution in [0.2, 0.25) is 0 Å². The van der Waals surface area contributed by atoms with Gasteiger partial charge < -0.3 is 20.1 Å². The van der Waals surface area contributed by atoms with Crippen molar-refractivity contribution in [3.8, 4) is 0 Å². The van der Waals surface area contributed by atoms with Gasteiger partial charge in [0.2, 0.25) is 0 Å². The van der Waals surface area contributed by atoms with Gasteiger partial charge in [0.05, 0.1) is 24.0 Å². The first kappa shape index (κ1) is 15.3. The summed E-state index contributed by atoms with van der Waals surface area (Å²) in [5.74, 6) is -0.451. The average Bonchev–Trinajstić information content (AvgIpc) is 2.99. The van der Waals surface area contributed by atoms with Crippen LogP contribution in [0.5, 0.6) is 0 Å². The van der Waals surface area contributed by atoms with E-state index < -0.39 is 5.97 Å². The first-order chi connectivity index (χ1) is 10.2. The third kappa shape index (κ3) is 4.46. The van der Waals surface area contributed by atoms with Gasteiger partial charge in [0.15, 0.2) is 0 Å². The summed E-state index contributed by atoms with van der Waals surface area (Å²) in [5, 5.41) is 5.41. The largest absolute Gasteiger partial charge is 0.462 e. The van der Waals surface area contributed by atoms with Crippen molar-refractivity contribution in [3.05, 3.63) is 29.8 Å². The lowest BCUT2D eigenvalue weighted by molar-refractivity contribution is 0.0527. The maximum atomic E-state index is 11.9. The highest BCUT2D eigenvalue weighted by Crippen LogP contribution is 2.16. The van der Waals surface area contributed by atoms with Crippen LogP contribution < -0.4 is 10.6 Å². The van der Waals surface area contributed by atoms with Crippen molar-refractivity contribution < 1.29 is 19.1 Å². The molecule has 1 aromatic carbocycles. The number of para-hydroxylation sites is 1. The second-order valence-electron chi connectivity index (χ2n) is 4.74. The Morgan fingerprint density at radius 1 is 1.38 bits per heavy atom. The van der Waals surface area contributed by atoms with E-state index in [9.17, 15) is 9.59 Å². The minimum absolute atomic E-state index is 0.0797. The number of amides is 2. The monoisotopic (exact) mass is 292 g/mol. The number of anilines is 1. The van der Waals surface area contributed by atoms with Crippen molar-refractivity contribution in [2.24, 2.45) is 0 Å². The average molecular weight is 292 g/mol. The van der Waals surface area contributed by atoms with Gasteiger partial charge in [0.25, 0.3) is 0 Å². The molecule has 6 heteroatoms. The van der Waals surface area contributed by atoms with Crippen LogP contribution in [0.1, 0.15) is 30.1 Å². The third-order valence-electron chi connectivity index (χ3n) is 3.18. The predicted octanol–water partition coefficient (Wildman–Crippen LogP) is 2.16. The Balaban J connectivity index is 1.91. The Morgan fingerprint density at radius 3 is 2.90 bits per heavy atom. The van der Waals surface area contributed by atoms with Crippen LogP contribution in [0.25, 0.3) is 0 Å². The molecular formula is C15H20N2O4. The molecule has 1 saturated heterocycles. The van der Waals surface area contributed by atoms with Crippen molar-refractivity contribution in [3.63, 3.8) is 0 Å². The lowest BCUT2D eigenvalue weighted by atomic mass is 10.2. The van der Waals surface area contributed by atoms with Crippen LogP contribution in [0.3, 0.4) is 0 Å². The fraction of sp³-hybridized carbons (Fsp3) is 0.467. The normalized spacial score (nSPS) is 17.3. The summed E-state index contributed by atoms with van der Waals surface area (Å²) in [5.41, 5.74) is 0.771. The quantitative estimate of drug-likeness (QED) is 0.815. The van der Waals surface area contributed by atoms with E-state index in [-0.39, 0.29) is 12.1 Å². The van der Waals surface area contributed by atoms with E-state index in [1.54, 1.807) is 31.2 Å². The highest BCUT2D eigenvalue weighted by atomic mass is 16.5. The van der Waals surface area contributed by atoms with E-state index in [4.69, 9.17) is 9.47 Å². The van der Waals surface area contributed by atoms with E-state index in [1.165, 1.54) is 0 Å². The zero-order chi connectivity index (χ0) is 15.1. The van der Waals surface area contributed by atoms with Gasteiger partial charge in [-0.3, -0.25) is 0 Å². The Bertz CT molecular complexity index is 498. The molecule has 1 unspecified atom stereocenters. The molecule has 21 heavy (non-hydrogen) atoms. The van der Waals surface area contributed by atoms with Crippen molar-refractivity contribution in [1.82, 2.24) is 5.32 Å². The first-order valence-corrected chi connectivity index (χ1v) is 7.13. The standard InChI is InChI=1S/C15H20N2O4/c1-2-20-14(18)12-7-3-4-8-13(12)17-15(19)16-10-11-6-5-9-21-11/h3-4,7-8,11H,2,5-6,9-10H2,1H3,(H2,16,17,19). The zero-order valence-corrected chi connectivity index (χ0v) is 12.1. The maximum Gasteiger partial charge on any atom is 0.340 e. The zero-order valence-electron chi connectivity index (χ0n) is 12.1. The molecule has 0 aliphatic carbocycles. The van der Waals surface area contributed by atoms with Gasteiger partial charge in [-0.15, -0.1) is 0 Å². The lowest BCUT2D eigenvalue weighted by Gasteiger charge is -2.13. The van der Waals surface area contributed by atoms with Gasteiger partial charge in [0, 0.05) is 13.2 Å². The van der Waals surface area contributed by atoms with Crippen molar-refractivity contribution in [2.45, 2.75) is 25.9 Å². The number of carbonyl (C=O) groups is 2. The van der Waals surface area contributed by atoms with E-state index in [2.05, 4.69) is 10.6 Å². The summed E-state index contributed by atoms with van der Waals surface area (Å²) in [4.78, 5) is 23.7. The molecule has 1 aliphatic rings. The van der Waals surface area contributed by atoms with Crippen molar-refractivity contribution in [1.29, 1.82) is 0 Å². The Labute approximate surface area is 123 Å². The predicted molar refractivity (Wildman–Crippen MR) is 78.4 cm³/mol. The van der Waals surface area contributed by atoms with Crippen LogP contribution in [0.15, 0.2) is 24.3 Å². The van der Waals surface area contributed by atoms with E-state index in [0.29, 0.717) is 24.4 Å². The molecule has 1 aromatic rings. The molecule has 114 valence electrons. The smallest absolute Gasteiger partial charge is 0.340 e. The molecular weight excluding hydrogens is 272 g/mol. The fourth-order valence-electron chi connectivity index (χ4n) is 2.16. The molecule has 0 aromatic heterocycles. The van der Waals surface area contributed by atoms with Gasteiger partial charge in [-0.2, -0.15) is 0 Å². The number of rotatable bonds is 5. The summed E-state index contributed by atoms with van der Waals surface area (Å²) in [6.07, 6.45) is 2.07. The number of hydrogen-bond acceptors (Lipinski definition) is 4. The number of nitrogens with one attached hydrogen (secondary N) is 2. The lowest BCUT2D eigenvalue weighted by Crippen LogP contribution is -2.35. The minimum atomic E-state index is -0.451. The summed E-state index contributed by atoms with van der Waals surface area (Å²) in [6.45, 7) is 3.24. The third-order valence-corrected chi connectivity index (χ3v) is 3.18. The minimum Gasteiger partial charge on any atom is -0.462 e. The van der Waals surface area contributed by atoms with Gasteiger partial charge in [0.1, 0.15) is 0 Å². The topological polar surface area (TPSA) is 76.7 Å². The summed E-state index contributed by atoms with van der Waals surface area (Å²) in [6, 6.07) is 6.40. The second-order valence-corrected chi connectivity index (χ2v) is 4.74. The highest BCUT2D eigenvalue weighted by molar-refractivity contribution is 6.00. The van der Waals surface area contributed by atoms with Crippen LogP contribution in [0.4, 0.5) is 10.5 Å². The maximum absolute atomic E-state index is 11.9. The molecule has 0 spiro atoms. The van der Waals surface area contributed by atoms with E-state index in [0.717, 1.165) is 19.4 Å². The van der Waals surface area contributed by atoms with E-state index in [1.807, 2.05) is 0 Å². The molecule has 0 radical (unpaired) electrons. The molecule has 0 bridgehead atoms. The van der Waals surface area contributed by atoms with Gasteiger partial charge >= 0.3 is 12.0 Å². The summed E-state index contributed by atoms with van der Waals surface area (Å²) >= 11 is 0. The van der Waals surface area contributed by atoms with Crippen molar-refractivity contribution in [2.75, 3.05) is 25.1 Å². The van der Waals surface area contributed by atoms with Crippen LogP contribution >= 0.6 is 0 Å². The van der Waals surface area contributed by atoms with Gasteiger partial charge in [-0.1, -0.05) is 12.1 Å².